The van der Waals surface area contributed by atoms with Gasteiger partial charge in [0.25, 0.3) is 0 Å². The fraction of sp³-hybridized carbons (Fsp3) is 0.382. The van der Waals surface area contributed by atoms with Crippen LogP contribution >= 0.6 is 11.6 Å². The quantitative estimate of drug-likeness (QED) is 0.207. The molecular formula is C34H39ClN4O6. The zero-order chi connectivity index (χ0) is 31.8. The number of nitrogens with zero attached hydrogens (tertiary/aromatic N) is 3. The van der Waals surface area contributed by atoms with Gasteiger partial charge in [0.2, 0.25) is 11.3 Å². The van der Waals surface area contributed by atoms with Gasteiger partial charge in [-0.05, 0) is 68.2 Å². The number of rotatable bonds is 14. The van der Waals surface area contributed by atoms with Crippen molar-refractivity contribution in [2.75, 3.05) is 40.4 Å². The molecule has 2 heterocycles. The van der Waals surface area contributed by atoms with Crippen molar-refractivity contribution in [1.29, 1.82) is 0 Å². The van der Waals surface area contributed by atoms with Crippen LogP contribution in [0.2, 0.25) is 5.02 Å². The molecule has 0 unspecified atom stereocenters. The second kappa shape index (κ2) is 15.1. The summed E-state index contributed by atoms with van der Waals surface area (Å²) in [5.41, 5.74) is 1.99. The van der Waals surface area contributed by atoms with Crippen LogP contribution in [0.15, 0.2) is 59.4 Å². The second-order valence-electron chi connectivity index (χ2n) is 10.9. The van der Waals surface area contributed by atoms with Crippen LogP contribution in [0.3, 0.4) is 0 Å². The molecule has 238 valence electrons. The number of carbonyl (C=O) groups excluding carboxylic acids is 1. The molecule has 0 spiro atoms. The highest BCUT2D eigenvalue weighted by Gasteiger charge is 2.23. The van der Waals surface area contributed by atoms with Crippen molar-refractivity contribution in [3.63, 3.8) is 0 Å². The molecule has 0 aliphatic carbocycles. The lowest BCUT2D eigenvalue weighted by Crippen LogP contribution is -2.35. The molecule has 10 nitrogen and oxygen atoms in total. The van der Waals surface area contributed by atoms with Gasteiger partial charge in [0.05, 0.1) is 36.6 Å². The first-order chi connectivity index (χ1) is 21.9. The summed E-state index contributed by atoms with van der Waals surface area (Å²) in [6, 6.07) is 16.7. The Bertz CT molecular complexity index is 1670. The number of halogens is 1. The Morgan fingerprint density at radius 3 is 2.11 bits per heavy atom. The molecule has 1 fully saturated rings. The fourth-order valence-electron chi connectivity index (χ4n) is 5.34. The molecule has 0 atom stereocenters. The van der Waals surface area contributed by atoms with Gasteiger partial charge in [0, 0.05) is 25.7 Å². The van der Waals surface area contributed by atoms with E-state index < -0.39 is 5.43 Å². The van der Waals surface area contributed by atoms with Gasteiger partial charge in [0.15, 0.2) is 11.5 Å². The predicted molar refractivity (Wildman–Crippen MR) is 174 cm³/mol. The average molecular weight is 635 g/mol. The summed E-state index contributed by atoms with van der Waals surface area (Å²) in [4.78, 5) is 29.0. The number of fused-ring (bicyclic) bond motifs is 1. The highest BCUT2D eigenvalue weighted by molar-refractivity contribution is 6.37. The first-order valence-corrected chi connectivity index (χ1v) is 15.5. The average Bonchev–Trinajstić information content (AvgIpc) is 3.58. The third-order valence-corrected chi connectivity index (χ3v) is 8.21. The van der Waals surface area contributed by atoms with E-state index in [0.29, 0.717) is 24.4 Å². The summed E-state index contributed by atoms with van der Waals surface area (Å²) in [6.07, 6.45) is 2.22. The predicted octanol–water partition coefficient (Wildman–Crippen LogP) is 5.00. The van der Waals surface area contributed by atoms with Gasteiger partial charge in [-0.15, -0.1) is 0 Å². The summed E-state index contributed by atoms with van der Waals surface area (Å²) >= 11 is 6.99. The standard InChI is InChI=1S/C34H39ClN4O6/c1-4-39-28-20-29(44-21-23-7-11-25(42-2)12-8-23)34(45-22-24-9-13-26(43-3)14-10-24)32(35)31(28)33(41)27(37-39)19-30(40)36-15-18-38-16-5-6-17-38/h7-14,20H,4-6,15-19,21-22H2,1-3H3,(H,36,40). The van der Waals surface area contributed by atoms with Crippen LogP contribution in [0.5, 0.6) is 23.0 Å². The highest BCUT2D eigenvalue weighted by atomic mass is 35.5. The normalized spacial score (nSPS) is 13.2. The van der Waals surface area contributed by atoms with Crippen molar-refractivity contribution in [3.05, 3.63) is 86.7 Å². The molecule has 1 saturated heterocycles. The Morgan fingerprint density at radius 1 is 0.933 bits per heavy atom. The molecular weight excluding hydrogens is 596 g/mol. The van der Waals surface area contributed by atoms with Crippen LogP contribution in [0.4, 0.5) is 0 Å². The number of aromatic nitrogens is 2. The Morgan fingerprint density at radius 2 is 1.53 bits per heavy atom. The van der Waals surface area contributed by atoms with Gasteiger partial charge in [-0.1, -0.05) is 35.9 Å². The van der Waals surface area contributed by atoms with E-state index in [0.717, 1.165) is 42.3 Å². The summed E-state index contributed by atoms with van der Waals surface area (Å²) < 4.78 is 24.7. The van der Waals surface area contributed by atoms with Crippen LogP contribution in [0, 0.1) is 0 Å². The van der Waals surface area contributed by atoms with E-state index in [2.05, 4.69) is 15.3 Å². The fourth-order valence-corrected chi connectivity index (χ4v) is 5.67. The number of benzene rings is 3. The van der Waals surface area contributed by atoms with E-state index in [1.807, 2.05) is 55.5 Å². The van der Waals surface area contributed by atoms with Crippen molar-refractivity contribution < 1.29 is 23.7 Å². The molecule has 45 heavy (non-hydrogen) atoms. The highest BCUT2D eigenvalue weighted by Crippen LogP contribution is 2.41. The number of hydrogen-bond donors (Lipinski definition) is 1. The van der Waals surface area contributed by atoms with Gasteiger partial charge >= 0.3 is 0 Å². The lowest BCUT2D eigenvalue weighted by atomic mass is 10.1. The summed E-state index contributed by atoms with van der Waals surface area (Å²) in [6.45, 7) is 6.17. The number of methoxy groups -OCH3 is 2. The minimum Gasteiger partial charge on any atom is -0.497 e. The van der Waals surface area contributed by atoms with E-state index in [-0.39, 0.29) is 47.4 Å². The summed E-state index contributed by atoms with van der Waals surface area (Å²) in [5.74, 6) is 1.82. The molecule has 1 aliphatic rings. The molecule has 0 bridgehead atoms. The maximum Gasteiger partial charge on any atom is 0.226 e. The van der Waals surface area contributed by atoms with Gasteiger partial charge in [-0.25, -0.2) is 0 Å². The first-order valence-electron chi connectivity index (χ1n) is 15.2. The Labute approximate surface area is 267 Å². The minimum absolute atomic E-state index is 0.107. The topological polar surface area (TPSA) is 104 Å². The molecule has 0 radical (unpaired) electrons. The molecule has 4 aromatic rings. The van der Waals surface area contributed by atoms with Crippen LogP contribution in [-0.4, -0.2) is 61.0 Å². The van der Waals surface area contributed by atoms with Crippen molar-refractivity contribution in [1.82, 2.24) is 20.0 Å². The third-order valence-electron chi connectivity index (χ3n) is 7.85. The lowest BCUT2D eigenvalue weighted by molar-refractivity contribution is -0.120. The van der Waals surface area contributed by atoms with Crippen LogP contribution in [-0.2, 0) is 31.0 Å². The number of nitrogens with one attached hydrogen (secondary N) is 1. The van der Waals surface area contributed by atoms with Crippen molar-refractivity contribution in [2.45, 2.75) is 45.9 Å². The monoisotopic (exact) mass is 634 g/mol. The molecule has 1 N–H and O–H groups in total. The summed E-state index contributed by atoms with van der Waals surface area (Å²) in [7, 11) is 3.22. The van der Waals surface area contributed by atoms with E-state index >= 15 is 0 Å². The molecule has 11 heteroatoms. The number of carbonyl (C=O) groups is 1. The minimum atomic E-state index is -0.412. The zero-order valence-corrected chi connectivity index (χ0v) is 26.7. The Balaban J connectivity index is 1.45. The summed E-state index contributed by atoms with van der Waals surface area (Å²) in [5, 5.41) is 7.82. The number of amides is 1. The molecule has 3 aromatic carbocycles. The van der Waals surface area contributed by atoms with Gasteiger partial charge in [-0.3, -0.25) is 14.3 Å². The molecule has 5 rings (SSSR count). The maximum atomic E-state index is 13.8. The van der Waals surface area contributed by atoms with E-state index in [9.17, 15) is 9.59 Å². The number of likely N-dealkylation sites (tertiary alicyclic amines) is 1. The smallest absolute Gasteiger partial charge is 0.226 e. The zero-order valence-electron chi connectivity index (χ0n) is 25.9. The SMILES string of the molecule is CCn1nc(CC(=O)NCCN2CCCC2)c(=O)c2c(Cl)c(OCc3ccc(OC)cc3)c(OCc3ccc(OC)cc3)cc21. The molecule has 1 amide bonds. The molecule has 1 aliphatic heterocycles. The van der Waals surface area contributed by atoms with Gasteiger partial charge < -0.3 is 29.2 Å². The van der Waals surface area contributed by atoms with E-state index in [1.165, 1.54) is 12.8 Å². The number of ether oxygens (including phenoxy) is 4. The van der Waals surface area contributed by atoms with Crippen molar-refractivity contribution in [3.8, 4) is 23.0 Å². The maximum absolute atomic E-state index is 13.8. The van der Waals surface area contributed by atoms with Crippen molar-refractivity contribution in [2.24, 2.45) is 0 Å². The van der Waals surface area contributed by atoms with E-state index in [1.54, 1.807) is 25.0 Å². The van der Waals surface area contributed by atoms with Crippen LogP contribution in [0.1, 0.15) is 36.6 Å². The van der Waals surface area contributed by atoms with Gasteiger partial charge in [-0.2, -0.15) is 5.10 Å². The van der Waals surface area contributed by atoms with Gasteiger partial charge in [0.1, 0.15) is 30.4 Å². The lowest BCUT2D eigenvalue weighted by Gasteiger charge is -2.19. The number of aryl methyl sites for hydroxylation is 1. The van der Waals surface area contributed by atoms with Crippen molar-refractivity contribution >= 4 is 28.4 Å². The first kappa shape index (κ1) is 32.1. The molecule has 0 saturated carbocycles. The Kier molecular flexibility index (Phi) is 10.8. The van der Waals surface area contributed by atoms with Crippen LogP contribution in [0.25, 0.3) is 10.9 Å². The second-order valence-corrected chi connectivity index (χ2v) is 11.2. The van der Waals surface area contributed by atoms with E-state index in [4.69, 9.17) is 30.5 Å². The third kappa shape index (κ3) is 7.87. The molecule has 1 aromatic heterocycles. The Hall–Kier alpha value is -4.28. The van der Waals surface area contributed by atoms with Crippen LogP contribution < -0.4 is 29.7 Å². The largest absolute Gasteiger partial charge is 0.497 e. The number of hydrogen-bond acceptors (Lipinski definition) is 8.